The number of halogens is 3. The third-order valence-corrected chi connectivity index (χ3v) is 3.03. The summed E-state index contributed by atoms with van der Waals surface area (Å²) in [7, 11) is 1.81. The number of hydrogen-bond donors (Lipinski definition) is 0. The van der Waals surface area contributed by atoms with Crippen molar-refractivity contribution >= 4 is 22.8 Å². The van der Waals surface area contributed by atoms with Crippen molar-refractivity contribution in [3.63, 3.8) is 0 Å². The number of imidazole rings is 1. The van der Waals surface area contributed by atoms with Crippen molar-refractivity contribution in [1.82, 2.24) is 19.3 Å². The summed E-state index contributed by atoms with van der Waals surface area (Å²) in [5.41, 5.74) is 2.43. The van der Waals surface area contributed by atoms with Crippen molar-refractivity contribution in [3.05, 3.63) is 11.5 Å². The fourth-order valence-electron chi connectivity index (χ4n) is 2.05. The average molecular weight is 293 g/mol. The van der Waals surface area contributed by atoms with Crippen LogP contribution < -0.4 is 0 Å². The summed E-state index contributed by atoms with van der Waals surface area (Å²) >= 11 is 5.85. The molecule has 106 valence electrons. The molecule has 0 aliphatic heterocycles. The minimum atomic E-state index is -2.45. The molecular weight excluding hydrogens is 278 g/mol. The lowest BCUT2D eigenvalue weighted by atomic mass is 10.4. The minimum Gasteiger partial charge on any atom is -0.374 e. The largest absolute Gasteiger partial charge is 0.374 e. The van der Waals surface area contributed by atoms with Crippen molar-refractivity contribution in [2.75, 3.05) is 13.2 Å². The lowest BCUT2D eigenvalue weighted by Gasteiger charge is -2.08. The molecule has 0 bridgehead atoms. The second-order valence-electron chi connectivity index (χ2n) is 4.16. The van der Waals surface area contributed by atoms with E-state index in [-0.39, 0.29) is 12.5 Å². The van der Waals surface area contributed by atoms with E-state index in [2.05, 4.69) is 10.1 Å². The van der Waals surface area contributed by atoms with Crippen LogP contribution in [0.25, 0.3) is 11.2 Å². The maximum atomic E-state index is 12.0. The van der Waals surface area contributed by atoms with Crippen LogP contribution >= 0.6 is 11.6 Å². The van der Waals surface area contributed by atoms with Crippen LogP contribution in [0, 0.1) is 6.92 Å². The van der Waals surface area contributed by atoms with Crippen LogP contribution in [-0.4, -0.2) is 39.0 Å². The molecule has 2 aromatic rings. The number of hydrogen-bond acceptors (Lipinski definition) is 3. The van der Waals surface area contributed by atoms with Crippen molar-refractivity contribution in [2.24, 2.45) is 7.05 Å². The average Bonchev–Trinajstić information content (AvgIpc) is 2.84. The number of fused-ring (bicyclic) bond motifs is 1. The van der Waals surface area contributed by atoms with E-state index < -0.39 is 13.0 Å². The van der Waals surface area contributed by atoms with Gasteiger partial charge in [-0.15, -0.1) is 11.6 Å². The Morgan fingerprint density at radius 2 is 2.16 bits per heavy atom. The second kappa shape index (κ2) is 5.83. The van der Waals surface area contributed by atoms with Gasteiger partial charge in [-0.25, -0.2) is 13.8 Å². The summed E-state index contributed by atoms with van der Waals surface area (Å²) < 4.78 is 32.4. The first-order chi connectivity index (χ1) is 9.04. The Morgan fingerprint density at radius 3 is 2.79 bits per heavy atom. The maximum absolute atomic E-state index is 12.0. The minimum absolute atomic E-state index is 0.184. The molecule has 19 heavy (non-hydrogen) atoms. The van der Waals surface area contributed by atoms with E-state index in [1.807, 2.05) is 18.5 Å². The van der Waals surface area contributed by atoms with Crippen LogP contribution in [0.2, 0.25) is 0 Å². The summed E-state index contributed by atoms with van der Waals surface area (Å²) in [5.74, 6) is 0.941. The van der Waals surface area contributed by atoms with Gasteiger partial charge in [-0.1, -0.05) is 0 Å². The first-order valence-electron chi connectivity index (χ1n) is 5.85. The molecule has 0 fully saturated rings. The highest BCUT2D eigenvalue weighted by Gasteiger charge is 2.16. The Bertz CT molecular complexity index is 567. The molecule has 0 radical (unpaired) electrons. The van der Waals surface area contributed by atoms with Gasteiger partial charge < -0.3 is 9.30 Å². The molecule has 0 atom stereocenters. The first-order valence-corrected chi connectivity index (χ1v) is 6.38. The molecule has 0 N–H and O–H groups in total. The summed E-state index contributed by atoms with van der Waals surface area (Å²) in [5, 5.41) is 4.27. The van der Waals surface area contributed by atoms with E-state index in [9.17, 15) is 8.78 Å². The second-order valence-corrected chi connectivity index (χ2v) is 4.43. The monoisotopic (exact) mass is 292 g/mol. The van der Waals surface area contributed by atoms with Gasteiger partial charge in [-0.05, 0) is 6.92 Å². The molecule has 5 nitrogen and oxygen atoms in total. The van der Waals surface area contributed by atoms with Crippen LogP contribution in [0.3, 0.4) is 0 Å². The Balaban J connectivity index is 2.20. The highest BCUT2D eigenvalue weighted by Crippen LogP contribution is 2.19. The molecule has 0 aliphatic carbocycles. The zero-order valence-corrected chi connectivity index (χ0v) is 11.5. The van der Waals surface area contributed by atoms with Crippen LogP contribution in [-0.2, 0) is 24.2 Å². The van der Waals surface area contributed by atoms with Gasteiger partial charge >= 0.3 is 0 Å². The molecule has 0 amide bonds. The van der Waals surface area contributed by atoms with E-state index in [0.29, 0.717) is 12.4 Å². The Hall–Kier alpha value is -1.21. The van der Waals surface area contributed by atoms with Crippen molar-refractivity contribution in [1.29, 1.82) is 0 Å². The van der Waals surface area contributed by atoms with Crippen LogP contribution in [0.4, 0.5) is 8.78 Å². The van der Waals surface area contributed by atoms with Crippen LogP contribution in [0.5, 0.6) is 0 Å². The molecule has 0 saturated carbocycles. The SMILES string of the molecule is Cc1nn(C)c2c1nc(CCl)n2CCOCC(F)F. The van der Waals surface area contributed by atoms with Gasteiger partial charge in [-0.2, -0.15) is 5.10 Å². The molecule has 0 aliphatic rings. The van der Waals surface area contributed by atoms with E-state index in [4.69, 9.17) is 16.3 Å². The predicted octanol–water partition coefficient (Wildman–Crippen LogP) is 2.10. The van der Waals surface area contributed by atoms with Gasteiger partial charge in [0.05, 0.1) is 18.2 Å². The lowest BCUT2D eigenvalue weighted by Crippen LogP contribution is -2.13. The highest BCUT2D eigenvalue weighted by molar-refractivity contribution is 6.16. The Kier molecular flexibility index (Phi) is 4.36. The third-order valence-electron chi connectivity index (χ3n) is 2.79. The number of nitrogens with zero attached hydrogens (tertiary/aromatic N) is 4. The third kappa shape index (κ3) is 2.87. The maximum Gasteiger partial charge on any atom is 0.261 e. The van der Waals surface area contributed by atoms with Crippen LogP contribution in [0.15, 0.2) is 0 Å². The van der Waals surface area contributed by atoms with E-state index >= 15 is 0 Å². The normalized spacial score (nSPS) is 11.9. The zero-order chi connectivity index (χ0) is 14.0. The van der Waals surface area contributed by atoms with E-state index in [1.165, 1.54) is 0 Å². The number of ether oxygens (including phenoxy) is 1. The summed E-state index contributed by atoms with van der Waals surface area (Å²) in [4.78, 5) is 4.41. The number of aromatic nitrogens is 4. The highest BCUT2D eigenvalue weighted by atomic mass is 35.5. The van der Waals surface area contributed by atoms with E-state index in [0.717, 1.165) is 16.9 Å². The van der Waals surface area contributed by atoms with Crippen molar-refractivity contribution in [2.45, 2.75) is 25.8 Å². The molecule has 8 heteroatoms. The van der Waals surface area contributed by atoms with Gasteiger partial charge in [0.15, 0.2) is 5.65 Å². The number of aryl methyl sites for hydroxylation is 2. The molecule has 2 heterocycles. The van der Waals surface area contributed by atoms with E-state index in [1.54, 1.807) is 4.68 Å². The Labute approximate surface area is 114 Å². The molecule has 2 rings (SSSR count). The summed E-state index contributed by atoms with van der Waals surface area (Å²) in [6, 6.07) is 0. The topological polar surface area (TPSA) is 44.9 Å². The quantitative estimate of drug-likeness (QED) is 0.605. The molecule has 0 saturated heterocycles. The lowest BCUT2D eigenvalue weighted by molar-refractivity contribution is 0.0148. The molecular formula is C11H15ClF2N4O. The summed E-state index contributed by atoms with van der Waals surface area (Å²) in [6.45, 7) is 1.91. The first kappa shape index (κ1) is 14.2. The van der Waals surface area contributed by atoms with Crippen molar-refractivity contribution < 1.29 is 13.5 Å². The molecule has 0 unspecified atom stereocenters. The standard InChI is InChI=1S/C11H15ClF2N4O/c1-7-10-11(17(2)16-7)18(9(5-12)15-10)3-4-19-6-8(13)14/h8H,3-6H2,1-2H3. The smallest absolute Gasteiger partial charge is 0.261 e. The molecule has 0 spiro atoms. The predicted molar refractivity (Wildman–Crippen MR) is 67.6 cm³/mol. The van der Waals surface area contributed by atoms with Crippen molar-refractivity contribution in [3.8, 4) is 0 Å². The number of rotatable bonds is 6. The van der Waals surface area contributed by atoms with Crippen LogP contribution in [0.1, 0.15) is 11.5 Å². The van der Waals surface area contributed by atoms with Gasteiger partial charge in [0.2, 0.25) is 0 Å². The zero-order valence-electron chi connectivity index (χ0n) is 10.7. The molecule has 0 aromatic carbocycles. The fourth-order valence-corrected chi connectivity index (χ4v) is 2.25. The fraction of sp³-hybridized carbons (Fsp3) is 0.636. The Morgan fingerprint density at radius 1 is 1.42 bits per heavy atom. The van der Waals surface area contributed by atoms with Gasteiger partial charge in [0.1, 0.15) is 17.9 Å². The molecule has 2 aromatic heterocycles. The summed E-state index contributed by atoms with van der Waals surface area (Å²) in [6.07, 6.45) is -2.45. The van der Waals surface area contributed by atoms with Gasteiger partial charge in [0, 0.05) is 13.6 Å². The van der Waals surface area contributed by atoms with Gasteiger partial charge in [-0.3, -0.25) is 4.68 Å². The van der Waals surface area contributed by atoms with Gasteiger partial charge in [0.25, 0.3) is 6.43 Å². The number of alkyl halides is 3.